The van der Waals surface area contributed by atoms with Gasteiger partial charge in [-0.05, 0) is 131 Å². The number of halogens is 2. The van der Waals surface area contributed by atoms with Gasteiger partial charge in [-0.25, -0.2) is 26.8 Å². The third-order valence-corrected chi connectivity index (χ3v) is 18.6. The number of nitrogens with zero attached hydrogens (tertiary/aromatic N) is 6. The minimum Gasteiger partial charge on any atom is -0.423 e. The maximum atomic E-state index is 12.5. The van der Waals surface area contributed by atoms with Gasteiger partial charge in [-0.3, -0.25) is 19.4 Å². The van der Waals surface area contributed by atoms with Gasteiger partial charge in [0.2, 0.25) is 31.9 Å². The monoisotopic (exact) mass is 1330 g/mol. The molecule has 0 saturated carbocycles. The number of aromatic nitrogens is 8. The van der Waals surface area contributed by atoms with Gasteiger partial charge in [-0.2, -0.15) is 0 Å². The van der Waals surface area contributed by atoms with Crippen LogP contribution in [0.2, 0.25) is 0 Å². The van der Waals surface area contributed by atoms with Crippen LogP contribution in [0.4, 0.5) is 11.9 Å². The molecular formula is C56H62BI2N10O8S2-. The van der Waals surface area contributed by atoms with E-state index in [2.05, 4.69) is 84.1 Å². The van der Waals surface area contributed by atoms with Crippen LogP contribution in [-0.4, -0.2) is 94.1 Å². The van der Waals surface area contributed by atoms with Gasteiger partial charge in [-0.1, -0.05) is 83.1 Å². The van der Waals surface area contributed by atoms with Crippen LogP contribution in [0, 0.1) is 31.3 Å². The molecule has 0 fully saturated rings. The second-order valence-electron chi connectivity index (χ2n) is 18.6. The Hall–Kier alpha value is -6.52. The Morgan fingerprint density at radius 1 is 0.620 bits per heavy atom. The third-order valence-electron chi connectivity index (χ3n) is 12.2. The van der Waals surface area contributed by atoms with E-state index in [1.54, 1.807) is 52.2 Å². The smallest absolute Gasteiger partial charge is 0.423 e. The number of hydrogen-bond donors (Lipinski definition) is 6. The summed E-state index contributed by atoms with van der Waals surface area (Å²) >= 11 is 2.79. The number of alkyl halides is 2. The van der Waals surface area contributed by atoms with Crippen LogP contribution in [0.5, 0.6) is 0 Å². The molecule has 0 saturated heterocycles. The van der Waals surface area contributed by atoms with Gasteiger partial charge < -0.3 is 29.1 Å². The summed E-state index contributed by atoms with van der Waals surface area (Å²) in [4.78, 5) is 26.3. The van der Waals surface area contributed by atoms with Gasteiger partial charge in [0.05, 0.1) is 49.8 Å². The second kappa shape index (κ2) is 26.6. The van der Waals surface area contributed by atoms with Crippen molar-refractivity contribution < 1.29 is 57.1 Å². The summed E-state index contributed by atoms with van der Waals surface area (Å²) in [5.74, 6) is 1.81. The van der Waals surface area contributed by atoms with Crippen LogP contribution in [0.15, 0.2) is 131 Å². The first-order valence-electron chi connectivity index (χ1n) is 25.1. The molecule has 4 aromatic carbocycles. The van der Waals surface area contributed by atoms with E-state index in [0.29, 0.717) is 54.7 Å². The quantitative estimate of drug-likeness (QED) is 0.0344. The van der Waals surface area contributed by atoms with Crippen LogP contribution < -0.4 is 36.1 Å². The maximum absolute atomic E-state index is 12.5. The average Bonchev–Trinajstić information content (AvgIpc) is 4.30. The van der Waals surface area contributed by atoms with Crippen LogP contribution >= 0.6 is 22.6 Å². The molecule has 0 aliphatic heterocycles. The normalized spacial score (nSPS) is 11.5. The summed E-state index contributed by atoms with van der Waals surface area (Å²) in [6.07, 6.45) is 4.78. The number of nitrogens with one attached hydrogen (secondary N) is 4. The Bertz CT molecular complexity index is 3870. The molecule has 0 aliphatic carbocycles. The fourth-order valence-electron chi connectivity index (χ4n) is 8.18. The third kappa shape index (κ3) is 14.7. The zero-order valence-corrected chi connectivity index (χ0v) is 51.2. The van der Waals surface area contributed by atoms with Gasteiger partial charge in [-0.15, -0.1) is 0 Å². The molecule has 0 radical (unpaired) electrons. The van der Waals surface area contributed by atoms with Crippen molar-refractivity contribution in [3.05, 3.63) is 148 Å². The van der Waals surface area contributed by atoms with Gasteiger partial charge >= 0.3 is 51.0 Å². The Labute approximate surface area is 484 Å². The van der Waals surface area contributed by atoms with E-state index in [9.17, 15) is 26.9 Å². The van der Waals surface area contributed by atoms with E-state index in [-0.39, 0.29) is 11.9 Å². The average molecular weight is 1330 g/mol. The Morgan fingerprint density at radius 2 is 1.09 bits per heavy atom. The minimum atomic E-state index is -3.58. The number of H-pyrrole nitrogens is 2. The molecule has 414 valence electrons. The van der Waals surface area contributed by atoms with E-state index in [1.165, 1.54) is 10.8 Å². The number of rotatable bonds is 14. The van der Waals surface area contributed by atoms with E-state index in [1.807, 2.05) is 125 Å². The molecule has 0 spiro atoms. The predicted octanol–water partition coefficient (Wildman–Crippen LogP) is 7.85. The van der Waals surface area contributed by atoms with Gasteiger partial charge in [0.25, 0.3) is 0 Å². The Morgan fingerprint density at radius 3 is 1.54 bits per heavy atom. The predicted molar refractivity (Wildman–Crippen MR) is 319 cm³/mol. The summed E-state index contributed by atoms with van der Waals surface area (Å²) in [6, 6.07) is 34.4. The molecule has 23 heteroatoms. The second-order valence-corrected chi connectivity index (χ2v) is 26.9. The summed E-state index contributed by atoms with van der Waals surface area (Å²) in [5, 5.41) is 25.3. The summed E-state index contributed by atoms with van der Waals surface area (Å²) in [7, 11) is -8.52. The van der Waals surface area contributed by atoms with Crippen molar-refractivity contribution in [2.24, 2.45) is 0 Å². The van der Waals surface area contributed by atoms with Crippen molar-refractivity contribution in [2.45, 2.75) is 79.2 Å². The largest absolute Gasteiger partial charge is 0.490 e. The summed E-state index contributed by atoms with van der Waals surface area (Å²) in [5.41, 5.74) is 13.4. The molecule has 6 N–H and O–H groups in total. The van der Waals surface area contributed by atoms with Crippen molar-refractivity contribution in [2.75, 3.05) is 18.8 Å². The molecule has 6 aromatic heterocycles. The van der Waals surface area contributed by atoms with Gasteiger partial charge in [0.1, 0.15) is 17.0 Å². The topological polar surface area (TPSA) is 268 Å². The van der Waals surface area contributed by atoms with Crippen LogP contribution in [0.1, 0.15) is 63.9 Å². The number of aryl methyl sites for hydroxylation is 4. The molecule has 18 nitrogen and oxygen atoms in total. The summed E-state index contributed by atoms with van der Waals surface area (Å²) < 4.78 is 67.2. The van der Waals surface area contributed by atoms with E-state index in [4.69, 9.17) is 9.05 Å². The molecular weight excluding hydrogens is 1270 g/mol. The fraction of sp³-hybridized carbons (Fsp3) is 0.250. The standard InChI is InChI=1S/C26H25N5O3S.C15H17IN4O3S.C11H10BNO2.C4H10I/c1-15(2)35(32,33)31-26-28-22-14-19(23-16(3)30-34-17(23)4)13-21(25(22)29-26)20-11-8-12-27-24(20)18-9-6-5-7-10-18;1-7(2)24(21,22)20-15-17-12-6-10(5-11(16)14(12)18-15)13-8(3)19-23-9(13)4;14-12(15)10-7-4-8-13-11(10)9-5-2-1-3-6-9;1-3-4-5-2/h5-15H,1-4H3,(H2,28,29,31);5-7H,1-4H3,(H2,17,18,20);1-8,14-15H;3-4H2,1-2H3/q;;;-1. The molecule has 0 unspecified atom stereocenters. The number of aromatic amines is 2. The summed E-state index contributed by atoms with van der Waals surface area (Å²) in [6.45, 7) is 16.2. The first-order chi connectivity index (χ1) is 37.6. The molecule has 6 heterocycles. The molecule has 79 heavy (non-hydrogen) atoms. The Kier molecular flexibility index (Phi) is 20.3. The van der Waals surface area contributed by atoms with Crippen molar-refractivity contribution in [1.29, 1.82) is 0 Å². The fourth-order valence-corrected chi connectivity index (χ4v) is 11.2. The van der Waals surface area contributed by atoms with Crippen molar-refractivity contribution in [1.82, 2.24) is 40.2 Å². The Balaban J connectivity index is 0.000000177. The van der Waals surface area contributed by atoms with Crippen molar-refractivity contribution >= 4 is 89.2 Å². The van der Waals surface area contributed by atoms with Crippen LogP contribution in [0.25, 0.3) is 78.0 Å². The molecule has 0 aliphatic rings. The molecule has 10 rings (SSSR count). The molecule has 0 bridgehead atoms. The number of pyridine rings is 2. The van der Waals surface area contributed by atoms with E-state index in [0.717, 1.165) is 76.4 Å². The first-order valence-corrected chi connectivity index (χ1v) is 32.9. The molecule has 0 amide bonds. The number of fused-ring (bicyclic) bond motifs is 2. The van der Waals surface area contributed by atoms with Crippen LogP contribution in [-0.2, 0) is 20.0 Å². The van der Waals surface area contributed by atoms with Gasteiger partial charge in [0.15, 0.2) is 0 Å². The number of sulfonamides is 2. The minimum absolute atomic E-state index is 0.163. The number of hydrogen-bond acceptors (Lipinski definition) is 14. The van der Waals surface area contributed by atoms with Crippen LogP contribution in [0.3, 0.4) is 0 Å². The van der Waals surface area contributed by atoms with Crippen molar-refractivity contribution in [3.63, 3.8) is 0 Å². The first kappa shape index (κ1) is 60.1. The maximum Gasteiger partial charge on any atom is 0.490 e. The molecule has 10 aromatic rings. The zero-order chi connectivity index (χ0) is 57.2. The van der Waals surface area contributed by atoms with E-state index >= 15 is 0 Å². The van der Waals surface area contributed by atoms with E-state index < -0.39 is 37.7 Å². The number of imidazole rings is 2. The molecule has 0 atom stereocenters. The number of benzene rings is 4. The number of anilines is 2. The van der Waals surface area contributed by atoms with Gasteiger partial charge in [0, 0.05) is 49.2 Å². The van der Waals surface area contributed by atoms with Crippen molar-refractivity contribution in [3.8, 4) is 55.9 Å². The zero-order valence-electron chi connectivity index (χ0n) is 45.3. The SMILES string of the molecule is CCC[I-]C.Cc1noc(C)c1-c1cc(-c2cccnc2-c2ccccc2)c2nc(NS(=O)(=O)C(C)C)[nH]c2c1.Cc1noc(C)c1-c1cc(I)c2nc(NS(=O)(=O)C(C)C)[nH]c2c1.OB(O)c1cccnc1-c1ccccc1.